The maximum Gasteiger partial charge on any atom is 0.262 e. The molecule has 17 heavy (non-hydrogen) atoms. The fraction of sp³-hybridized carbons (Fsp3) is 0.167. The van der Waals surface area contributed by atoms with Crippen LogP contribution in [0.15, 0.2) is 28.8 Å². The zero-order valence-electron chi connectivity index (χ0n) is 9.61. The van der Waals surface area contributed by atoms with Gasteiger partial charge in [-0.3, -0.25) is 4.79 Å². The van der Waals surface area contributed by atoms with Crippen molar-refractivity contribution in [2.75, 3.05) is 5.32 Å². The van der Waals surface area contributed by atoms with Crippen LogP contribution in [0.4, 0.5) is 5.69 Å². The predicted molar refractivity (Wildman–Crippen MR) is 70.4 cm³/mol. The van der Waals surface area contributed by atoms with Crippen LogP contribution < -0.4 is 11.1 Å². The number of nitrogens with one attached hydrogen (secondary N) is 1. The predicted octanol–water partition coefficient (Wildman–Crippen LogP) is 1.87. The van der Waals surface area contributed by atoms with Crippen molar-refractivity contribution in [3.05, 3.63) is 39.9 Å². The molecule has 1 aromatic rings. The Morgan fingerprint density at radius 3 is 2.59 bits per heavy atom. The summed E-state index contributed by atoms with van der Waals surface area (Å²) in [6.45, 7) is 3.91. The number of thiol groups is 1. The van der Waals surface area contributed by atoms with Gasteiger partial charge in [0, 0.05) is 5.69 Å². The van der Waals surface area contributed by atoms with Gasteiger partial charge in [-0.25, -0.2) is 0 Å². The standard InChI is InChI=1S/C12H13N3OS/c1-7-3-4-10(8(2)5-7)15-12(17)9(6-13)11(14)16/h3-5,15,17H,1-2H3,(H2,14,16). The summed E-state index contributed by atoms with van der Waals surface area (Å²) in [5.41, 5.74) is 7.79. The van der Waals surface area contributed by atoms with E-state index in [1.165, 1.54) is 0 Å². The van der Waals surface area contributed by atoms with E-state index < -0.39 is 5.91 Å². The Labute approximate surface area is 106 Å². The summed E-state index contributed by atoms with van der Waals surface area (Å²) in [6, 6.07) is 7.49. The molecule has 0 spiro atoms. The highest BCUT2D eigenvalue weighted by atomic mass is 32.1. The molecule has 5 heteroatoms. The van der Waals surface area contributed by atoms with Crippen LogP contribution in [0, 0.1) is 25.2 Å². The Bertz CT molecular complexity index is 529. The van der Waals surface area contributed by atoms with Gasteiger partial charge in [-0.15, -0.1) is 12.6 Å². The van der Waals surface area contributed by atoms with Gasteiger partial charge in [-0.2, -0.15) is 5.26 Å². The molecule has 0 aliphatic carbocycles. The molecule has 0 aromatic heterocycles. The molecule has 0 aliphatic rings. The molecule has 0 radical (unpaired) electrons. The third-order valence-electron chi connectivity index (χ3n) is 2.23. The molecular formula is C12H13N3OS. The van der Waals surface area contributed by atoms with Crippen LogP contribution in [0.25, 0.3) is 0 Å². The van der Waals surface area contributed by atoms with Gasteiger partial charge in [0.15, 0.2) is 0 Å². The fourth-order valence-corrected chi connectivity index (χ4v) is 1.65. The van der Waals surface area contributed by atoms with Gasteiger partial charge in [0.25, 0.3) is 5.91 Å². The highest BCUT2D eigenvalue weighted by Crippen LogP contribution is 2.20. The molecule has 3 N–H and O–H groups in total. The Hall–Kier alpha value is -1.93. The minimum atomic E-state index is -0.797. The number of amides is 1. The van der Waals surface area contributed by atoms with E-state index in [2.05, 4.69) is 17.9 Å². The van der Waals surface area contributed by atoms with Crippen molar-refractivity contribution >= 4 is 24.2 Å². The molecule has 0 aliphatic heterocycles. The van der Waals surface area contributed by atoms with Crippen LogP contribution in [-0.2, 0) is 4.79 Å². The van der Waals surface area contributed by atoms with Crippen LogP contribution in [-0.4, -0.2) is 5.91 Å². The number of carbonyl (C=O) groups excluding carboxylic acids is 1. The summed E-state index contributed by atoms with van der Waals surface area (Å²) in [5, 5.41) is 11.8. The Balaban J connectivity index is 3.07. The summed E-state index contributed by atoms with van der Waals surface area (Å²) in [5.74, 6) is -0.797. The number of nitriles is 1. The van der Waals surface area contributed by atoms with E-state index in [0.717, 1.165) is 16.8 Å². The molecular weight excluding hydrogens is 234 g/mol. The van der Waals surface area contributed by atoms with Crippen LogP contribution in [0.2, 0.25) is 0 Å². The molecule has 1 aromatic carbocycles. The van der Waals surface area contributed by atoms with Gasteiger partial charge >= 0.3 is 0 Å². The van der Waals surface area contributed by atoms with E-state index >= 15 is 0 Å². The van der Waals surface area contributed by atoms with Crippen molar-refractivity contribution in [1.29, 1.82) is 5.26 Å². The Morgan fingerprint density at radius 2 is 2.12 bits per heavy atom. The normalized spacial score (nSPS) is 11.4. The Morgan fingerprint density at radius 1 is 1.47 bits per heavy atom. The lowest BCUT2D eigenvalue weighted by molar-refractivity contribution is -0.114. The number of nitrogens with two attached hydrogens (primary N) is 1. The molecule has 0 fully saturated rings. The van der Waals surface area contributed by atoms with Crippen molar-refractivity contribution in [1.82, 2.24) is 0 Å². The fourth-order valence-electron chi connectivity index (χ4n) is 1.37. The highest BCUT2D eigenvalue weighted by Gasteiger charge is 2.10. The monoisotopic (exact) mass is 247 g/mol. The average Bonchev–Trinajstić information content (AvgIpc) is 2.22. The Kier molecular flexibility index (Phi) is 4.18. The molecule has 0 saturated carbocycles. The summed E-state index contributed by atoms with van der Waals surface area (Å²) in [7, 11) is 0. The van der Waals surface area contributed by atoms with Gasteiger partial charge in [-0.05, 0) is 25.5 Å². The van der Waals surface area contributed by atoms with Crippen LogP contribution in [0.1, 0.15) is 11.1 Å². The summed E-state index contributed by atoms with van der Waals surface area (Å²) in [4.78, 5) is 11.0. The molecule has 88 valence electrons. The number of anilines is 1. The first-order valence-electron chi connectivity index (χ1n) is 4.93. The topological polar surface area (TPSA) is 78.9 Å². The first kappa shape index (κ1) is 13.1. The number of benzene rings is 1. The number of rotatable bonds is 3. The van der Waals surface area contributed by atoms with Crippen LogP contribution >= 0.6 is 12.6 Å². The molecule has 1 amide bonds. The third-order valence-corrected chi connectivity index (χ3v) is 2.57. The van der Waals surface area contributed by atoms with Gasteiger partial charge in [0.2, 0.25) is 0 Å². The maximum absolute atomic E-state index is 11.0. The van der Waals surface area contributed by atoms with Crippen LogP contribution in [0.5, 0.6) is 0 Å². The number of carbonyl (C=O) groups is 1. The van der Waals surface area contributed by atoms with Crippen molar-refractivity contribution < 1.29 is 4.79 Å². The van der Waals surface area contributed by atoms with Gasteiger partial charge in [0.1, 0.15) is 11.6 Å². The van der Waals surface area contributed by atoms with E-state index in [0.29, 0.717) is 0 Å². The summed E-state index contributed by atoms with van der Waals surface area (Å²) >= 11 is 4.07. The largest absolute Gasteiger partial charge is 0.365 e. The second kappa shape index (κ2) is 5.41. The first-order chi connectivity index (χ1) is 7.95. The first-order valence-corrected chi connectivity index (χ1v) is 5.38. The molecule has 0 saturated heterocycles. The zero-order chi connectivity index (χ0) is 13.0. The van der Waals surface area contributed by atoms with Gasteiger partial charge in [-0.1, -0.05) is 17.7 Å². The van der Waals surface area contributed by atoms with E-state index in [1.54, 1.807) is 6.07 Å². The second-order valence-corrected chi connectivity index (χ2v) is 4.09. The van der Waals surface area contributed by atoms with E-state index in [4.69, 9.17) is 11.0 Å². The van der Waals surface area contributed by atoms with Crippen molar-refractivity contribution in [3.8, 4) is 6.07 Å². The molecule has 0 bridgehead atoms. The SMILES string of the molecule is Cc1ccc(NC(S)=C(C#N)C(N)=O)c(C)c1. The van der Waals surface area contributed by atoms with E-state index in [1.807, 2.05) is 32.0 Å². The van der Waals surface area contributed by atoms with Crippen molar-refractivity contribution in [2.45, 2.75) is 13.8 Å². The number of hydrogen-bond donors (Lipinski definition) is 3. The van der Waals surface area contributed by atoms with Crippen molar-refractivity contribution in [2.24, 2.45) is 5.73 Å². The molecule has 1 rings (SSSR count). The lowest BCUT2D eigenvalue weighted by atomic mass is 10.1. The number of aryl methyl sites for hydroxylation is 2. The number of primary amides is 1. The maximum atomic E-state index is 11.0. The van der Waals surface area contributed by atoms with E-state index in [9.17, 15) is 4.79 Å². The van der Waals surface area contributed by atoms with Gasteiger partial charge in [0.05, 0.1) is 5.03 Å². The molecule has 0 atom stereocenters. The highest BCUT2D eigenvalue weighted by molar-refractivity contribution is 7.84. The summed E-state index contributed by atoms with van der Waals surface area (Å²) < 4.78 is 0. The van der Waals surface area contributed by atoms with E-state index in [-0.39, 0.29) is 10.6 Å². The third kappa shape index (κ3) is 3.26. The second-order valence-electron chi connectivity index (χ2n) is 3.64. The quantitative estimate of drug-likeness (QED) is 0.433. The number of hydrogen-bond acceptors (Lipinski definition) is 4. The lowest BCUT2D eigenvalue weighted by Crippen LogP contribution is -2.16. The molecule has 0 heterocycles. The summed E-state index contributed by atoms with van der Waals surface area (Å²) in [6.07, 6.45) is 0. The smallest absolute Gasteiger partial charge is 0.262 e. The lowest BCUT2D eigenvalue weighted by Gasteiger charge is -2.10. The molecule has 4 nitrogen and oxygen atoms in total. The van der Waals surface area contributed by atoms with Crippen molar-refractivity contribution in [3.63, 3.8) is 0 Å². The van der Waals surface area contributed by atoms with Crippen LogP contribution in [0.3, 0.4) is 0 Å². The van der Waals surface area contributed by atoms with Gasteiger partial charge < -0.3 is 11.1 Å². The minimum Gasteiger partial charge on any atom is -0.365 e. The average molecular weight is 247 g/mol. The number of nitrogens with zero attached hydrogens (tertiary/aromatic N) is 1. The molecule has 0 unspecified atom stereocenters. The zero-order valence-corrected chi connectivity index (χ0v) is 10.5. The minimum absolute atomic E-state index is 0.159.